The van der Waals surface area contributed by atoms with Crippen molar-refractivity contribution in [2.24, 2.45) is 0 Å². The topological polar surface area (TPSA) is 42.9 Å². The molecule has 8 aromatic rings. The molecule has 0 saturated carbocycles. The average Bonchev–Trinajstić information content (AvgIpc) is 3.14. The Balaban J connectivity index is 1.35. The number of nitrogens with zero attached hydrogens (tertiary/aromatic N) is 2. The standard InChI is InChI=1S/C44H33N2OP/c1-48(2,47)35-22-14-20-33(28-35)43-38-25-11-9-23-36(38)42(37-24-10-12-26-39(37)43)32-19-13-21-34(27-32)44-45-40(30-15-5-3-6-16-30)29-41(46-44)31-17-7-4-8-18-31/h3-29H,1-2H3. The van der Waals surface area contributed by atoms with E-state index in [1.165, 1.54) is 5.56 Å². The van der Waals surface area contributed by atoms with E-state index in [2.05, 4.69) is 115 Å². The zero-order valence-electron chi connectivity index (χ0n) is 26.8. The molecule has 0 atom stereocenters. The summed E-state index contributed by atoms with van der Waals surface area (Å²) in [5.41, 5.74) is 9.32. The molecule has 230 valence electrons. The summed E-state index contributed by atoms with van der Waals surface area (Å²) < 4.78 is 13.1. The zero-order chi connectivity index (χ0) is 32.7. The van der Waals surface area contributed by atoms with Gasteiger partial charge in [0, 0.05) is 22.0 Å². The van der Waals surface area contributed by atoms with Crippen LogP contribution in [0.25, 0.3) is 77.7 Å². The van der Waals surface area contributed by atoms with Crippen LogP contribution >= 0.6 is 7.14 Å². The fraction of sp³-hybridized carbons (Fsp3) is 0.0455. The van der Waals surface area contributed by atoms with Crippen LogP contribution in [-0.2, 0) is 4.57 Å². The van der Waals surface area contributed by atoms with Crippen LogP contribution in [-0.4, -0.2) is 23.3 Å². The Morgan fingerprint density at radius 1 is 0.396 bits per heavy atom. The highest BCUT2D eigenvalue weighted by atomic mass is 31.2. The molecule has 3 nitrogen and oxygen atoms in total. The lowest BCUT2D eigenvalue weighted by Crippen LogP contribution is -2.02. The van der Waals surface area contributed by atoms with Gasteiger partial charge in [0.15, 0.2) is 5.82 Å². The van der Waals surface area contributed by atoms with E-state index in [4.69, 9.17) is 9.97 Å². The summed E-state index contributed by atoms with van der Waals surface area (Å²) in [7, 11) is -2.44. The first-order valence-corrected chi connectivity index (χ1v) is 18.7. The van der Waals surface area contributed by atoms with Gasteiger partial charge < -0.3 is 4.57 Å². The van der Waals surface area contributed by atoms with Gasteiger partial charge in [0.25, 0.3) is 0 Å². The molecule has 0 radical (unpaired) electrons. The minimum absolute atomic E-state index is 0.683. The molecule has 0 aliphatic carbocycles. The van der Waals surface area contributed by atoms with Gasteiger partial charge in [-0.05, 0) is 75.3 Å². The maximum absolute atomic E-state index is 13.1. The average molecular weight is 637 g/mol. The Kier molecular flexibility index (Phi) is 7.56. The lowest BCUT2D eigenvalue weighted by Gasteiger charge is -2.19. The maximum atomic E-state index is 13.1. The normalized spacial score (nSPS) is 11.6. The Labute approximate surface area is 281 Å². The first kappa shape index (κ1) is 29.8. The van der Waals surface area contributed by atoms with Crippen LogP contribution in [0.4, 0.5) is 0 Å². The van der Waals surface area contributed by atoms with Crippen molar-refractivity contribution in [1.82, 2.24) is 9.97 Å². The highest BCUT2D eigenvalue weighted by Crippen LogP contribution is 2.45. The summed E-state index contributed by atoms with van der Waals surface area (Å²) >= 11 is 0. The maximum Gasteiger partial charge on any atom is 0.160 e. The highest BCUT2D eigenvalue weighted by molar-refractivity contribution is 7.70. The molecule has 4 heteroatoms. The largest absolute Gasteiger partial charge is 0.319 e. The van der Waals surface area contributed by atoms with Crippen molar-refractivity contribution in [3.8, 4) is 56.2 Å². The second-order valence-corrected chi connectivity index (χ2v) is 15.7. The number of rotatable bonds is 6. The number of aromatic nitrogens is 2. The molecule has 0 unspecified atom stereocenters. The van der Waals surface area contributed by atoms with Crippen molar-refractivity contribution in [3.05, 3.63) is 164 Å². The van der Waals surface area contributed by atoms with Crippen LogP contribution < -0.4 is 5.30 Å². The van der Waals surface area contributed by atoms with Crippen LogP contribution in [0, 0.1) is 0 Å². The highest BCUT2D eigenvalue weighted by Gasteiger charge is 2.19. The summed E-state index contributed by atoms with van der Waals surface area (Å²) in [5.74, 6) is 0.683. The van der Waals surface area contributed by atoms with Crippen molar-refractivity contribution >= 4 is 34.0 Å². The fourth-order valence-electron chi connectivity index (χ4n) is 6.65. The molecule has 0 amide bonds. The van der Waals surface area contributed by atoms with Gasteiger partial charge in [-0.25, -0.2) is 9.97 Å². The first-order chi connectivity index (χ1) is 23.4. The van der Waals surface area contributed by atoms with Crippen molar-refractivity contribution in [1.29, 1.82) is 0 Å². The first-order valence-electron chi connectivity index (χ1n) is 16.1. The summed E-state index contributed by atoms with van der Waals surface area (Å²) in [6.45, 7) is 3.67. The molecule has 0 N–H and O–H groups in total. The van der Waals surface area contributed by atoms with Gasteiger partial charge in [-0.2, -0.15) is 0 Å². The molecular weight excluding hydrogens is 603 g/mol. The van der Waals surface area contributed by atoms with Crippen LogP contribution in [0.15, 0.2) is 164 Å². The Hall–Kier alpha value is -5.63. The molecule has 1 aromatic heterocycles. The third-order valence-electron chi connectivity index (χ3n) is 8.96. The molecule has 0 bridgehead atoms. The Morgan fingerprint density at radius 2 is 0.792 bits per heavy atom. The number of hydrogen-bond acceptors (Lipinski definition) is 3. The lowest BCUT2D eigenvalue weighted by molar-refractivity contribution is 0.588. The summed E-state index contributed by atoms with van der Waals surface area (Å²) in [4.78, 5) is 10.2. The molecule has 48 heavy (non-hydrogen) atoms. The summed E-state index contributed by atoms with van der Waals surface area (Å²) in [6, 6.07) is 56.7. The Morgan fingerprint density at radius 3 is 1.27 bits per heavy atom. The van der Waals surface area contributed by atoms with Crippen LogP contribution in [0.2, 0.25) is 0 Å². The fourth-order valence-corrected chi connectivity index (χ4v) is 7.55. The van der Waals surface area contributed by atoms with Crippen molar-refractivity contribution in [3.63, 3.8) is 0 Å². The summed E-state index contributed by atoms with van der Waals surface area (Å²) in [5, 5.41) is 5.52. The molecule has 8 rings (SSSR count). The molecule has 1 heterocycles. The van der Waals surface area contributed by atoms with E-state index in [0.717, 1.165) is 71.6 Å². The van der Waals surface area contributed by atoms with E-state index < -0.39 is 7.14 Å². The molecular formula is C44H33N2OP. The van der Waals surface area contributed by atoms with Crippen LogP contribution in [0.3, 0.4) is 0 Å². The van der Waals surface area contributed by atoms with Crippen molar-refractivity contribution < 1.29 is 4.57 Å². The number of fused-ring (bicyclic) bond motifs is 2. The van der Waals surface area contributed by atoms with Gasteiger partial charge in [-0.3, -0.25) is 0 Å². The quantitative estimate of drug-likeness (QED) is 0.135. The van der Waals surface area contributed by atoms with E-state index in [0.29, 0.717) is 5.82 Å². The number of benzene rings is 7. The Bertz CT molecular complexity index is 2390. The van der Waals surface area contributed by atoms with E-state index in [1.54, 1.807) is 0 Å². The predicted octanol–water partition coefficient (Wildman–Crippen LogP) is 11.4. The van der Waals surface area contributed by atoms with Crippen LogP contribution in [0.5, 0.6) is 0 Å². The molecule has 0 aliphatic rings. The number of hydrogen-bond donors (Lipinski definition) is 0. The van der Waals surface area contributed by atoms with Gasteiger partial charge in [-0.15, -0.1) is 0 Å². The molecule has 0 saturated heterocycles. The molecule has 0 aliphatic heterocycles. The van der Waals surface area contributed by atoms with E-state index in [9.17, 15) is 4.57 Å². The summed E-state index contributed by atoms with van der Waals surface area (Å²) in [6.07, 6.45) is 0. The van der Waals surface area contributed by atoms with Gasteiger partial charge >= 0.3 is 0 Å². The van der Waals surface area contributed by atoms with Gasteiger partial charge in [0.05, 0.1) is 11.4 Å². The molecule has 0 spiro atoms. The van der Waals surface area contributed by atoms with Gasteiger partial charge in [0.2, 0.25) is 0 Å². The van der Waals surface area contributed by atoms with Crippen molar-refractivity contribution in [2.45, 2.75) is 0 Å². The zero-order valence-corrected chi connectivity index (χ0v) is 27.7. The van der Waals surface area contributed by atoms with Gasteiger partial charge in [-0.1, -0.05) is 146 Å². The smallest absolute Gasteiger partial charge is 0.160 e. The SMILES string of the molecule is CP(C)(=O)c1cccc(-c2c3ccccc3c(-c3cccc(-c4nc(-c5ccccc5)cc(-c5ccccc5)n4)c3)c3ccccc23)c1. The van der Waals surface area contributed by atoms with E-state index in [-0.39, 0.29) is 0 Å². The van der Waals surface area contributed by atoms with Crippen molar-refractivity contribution in [2.75, 3.05) is 13.3 Å². The molecule has 0 fully saturated rings. The second-order valence-electron chi connectivity index (χ2n) is 12.5. The predicted molar refractivity (Wildman–Crippen MR) is 203 cm³/mol. The molecule has 7 aromatic carbocycles. The minimum Gasteiger partial charge on any atom is -0.319 e. The third-order valence-corrected chi connectivity index (χ3v) is 10.5. The van der Waals surface area contributed by atoms with E-state index >= 15 is 0 Å². The van der Waals surface area contributed by atoms with Crippen LogP contribution in [0.1, 0.15) is 0 Å². The van der Waals surface area contributed by atoms with E-state index in [1.807, 2.05) is 61.9 Å². The minimum atomic E-state index is -2.44. The third kappa shape index (κ3) is 5.53. The lowest BCUT2D eigenvalue weighted by atomic mass is 9.85. The van der Waals surface area contributed by atoms with Gasteiger partial charge in [0.1, 0.15) is 7.14 Å². The monoisotopic (exact) mass is 636 g/mol. The second kappa shape index (κ2) is 12.2.